The van der Waals surface area contributed by atoms with Crippen molar-refractivity contribution in [3.05, 3.63) is 33.4 Å². The molecule has 0 amide bonds. The van der Waals surface area contributed by atoms with E-state index in [2.05, 4.69) is 4.74 Å². The van der Waals surface area contributed by atoms with E-state index >= 15 is 0 Å². The summed E-state index contributed by atoms with van der Waals surface area (Å²) in [4.78, 5) is 0. The number of benzene rings is 1. The number of ether oxygens (including phenoxy) is 1. The first kappa shape index (κ1) is 14.7. The molecule has 0 aliphatic rings. The van der Waals surface area contributed by atoms with Crippen LogP contribution in [0, 0.1) is 3.57 Å². The summed E-state index contributed by atoms with van der Waals surface area (Å²) in [7, 11) is 0. The lowest BCUT2D eigenvalue weighted by molar-refractivity contribution is -0.280. The van der Waals surface area contributed by atoms with Crippen molar-refractivity contribution in [1.29, 1.82) is 0 Å². The van der Waals surface area contributed by atoms with Gasteiger partial charge in [-0.3, -0.25) is 0 Å². The molecule has 2 N–H and O–H groups in total. The molecule has 2 atom stereocenters. The first-order chi connectivity index (χ1) is 7.80. The van der Waals surface area contributed by atoms with Gasteiger partial charge in [0.2, 0.25) is 6.10 Å². The van der Waals surface area contributed by atoms with Crippen LogP contribution in [-0.2, 0) is 11.3 Å². The summed E-state index contributed by atoms with van der Waals surface area (Å²) in [6, 6.07) is 6.88. The Morgan fingerprint density at radius 3 is 2.47 bits per heavy atom. The highest BCUT2D eigenvalue weighted by Gasteiger charge is 2.43. The number of hydrogen-bond donors (Lipinski definition) is 2. The van der Waals surface area contributed by atoms with Gasteiger partial charge in [0.15, 0.2) is 6.29 Å². The molecule has 0 bridgehead atoms. The van der Waals surface area contributed by atoms with Crippen LogP contribution in [0.1, 0.15) is 5.56 Å². The van der Waals surface area contributed by atoms with Gasteiger partial charge in [-0.2, -0.15) is 13.2 Å². The summed E-state index contributed by atoms with van der Waals surface area (Å²) in [6.45, 7) is -0.203. The lowest BCUT2D eigenvalue weighted by Crippen LogP contribution is -2.41. The Morgan fingerprint density at radius 1 is 1.29 bits per heavy atom. The molecule has 3 nitrogen and oxygen atoms in total. The SMILES string of the molecule is OC(OCc1cccc(I)c1)C(O)C(F)(F)F. The molecule has 96 valence electrons. The van der Waals surface area contributed by atoms with Crippen molar-refractivity contribution >= 4 is 22.6 Å². The van der Waals surface area contributed by atoms with Gasteiger partial charge < -0.3 is 14.9 Å². The molecule has 1 rings (SSSR count). The van der Waals surface area contributed by atoms with Gasteiger partial charge >= 0.3 is 6.18 Å². The van der Waals surface area contributed by atoms with Crippen molar-refractivity contribution < 1.29 is 28.1 Å². The molecule has 0 saturated heterocycles. The zero-order valence-corrected chi connectivity index (χ0v) is 10.6. The monoisotopic (exact) mass is 362 g/mol. The summed E-state index contributed by atoms with van der Waals surface area (Å²) in [6.07, 6.45) is -10.1. The van der Waals surface area contributed by atoms with Gasteiger partial charge in [-0.25, -0.2) is 0 Å². The smallest absolute Gasteiger partial charge is 0.380 e. The Kier molecular flexibility index (Phi) is 5.17. The van der Waals surface area contributed by atoms with Crippen molar-refractivity contribution in [2.75, 3.05) is 0 Å². The number of halogens is 4. The van der Waals surface area contributed by atoms with E-state index < -0.39 is 18.6 Å². The van der Waals surface area contributed by atoms with Gasteiger partial charge in [0.25, 0.3) is 0 Å². The summed E-state index contributed by atoms with van der Waals surface area (Å²) >= 11 is 2.04. The Labute approximate surface area is 109 Å². The molecule has 0 radical (unpaired) electrons. The first-order valence-electron chi connectivity index (χ1n) is 4.59. The summed E-state index contributed by atoms with van der Waals surface area (Å²) in [5.41, 5.74) is 0.616. The molecule has 1 aromatic carbocycles. The maximum atomic E-state index is 12.0. The molecule has 7 heteroatoms. The van der Waals surface area contributed by atoms with E-state index in [0.717, 1.165) is 3.57 Å². The number of aliphatic hydroxyl groups excluding tert-OH is 2. The van der Waals surface area contributed by atoms with Crippen LogP contribution in [0.25, 0.3) is 0 Å². The van der Waals surface area contributed by atoms with Crippen LogP contribution in [0.5, 0.6) is 0 Å². The topological polar surface area (TPSA) is 49.7 Å². The highest BCUT2D eigenvalue weighted by molar-refractivity contribution is 14.1. The Hall–Kier alpha value is -0.380. The normalized spacial score (nSPS) is 15.6. The van der Waals surface area contributed by atoms with Gasteiger partial charge in [-0.1, -0.05) is 12.1 Å². The van der Waals surface area contributed by atoms with Crippen LogP contribution in [0.4, 0.5) is 13.2 Å². The Balaban J connectivity index is 2.51. The number of alkyl halides is 3. The molecule has 0 aliphatic heterocycles. The predicted molar refractivity (Wildman–Crippen MR) is 62.0 cm³/mol. The fourth-order valence-corrected chi connectivity index (χ4v) is 1.67. The minimum Gasteiger partial charge on any atom is -0.380 e. The van der Waals surface area contributed by atoms with Gasteiger partial charge in [-0.15, -0.1) is 0 Å². The lowest BCUT2D eigenvalue weighted by Gasteiger charge is -2.20. The summed E-state index contributed by atoms with van der Waals surface area (Å²) in [5.74, 6) is 0. The van der Waals surface area contributed by atoms with Crippen LogP contribution < -0.4 is 0 Å². The second-order valence-electron chi connectivity index (χ2n) is 3.32. The third-order valence-corrected chi connectivity index (χ3v) is 2.59. The maximum absolute atomic E-state index is 12.0. The first-order valence-corrected chi connectivity index (χ1v) is 5.67. The summed E-state index contributed by atoms with van der Waals surface area (Å²) in [5, 5.41) is 17.7. The van der Waals surface area contributed by atoms with Crippen molar-refractivity contribution in [2.45, 2.75) is 25.2 Å². The third-order valence-electron chi connectivity index (χ3n) is 1.92. The zero-order valence-electron chi connectivity index (χ0n) is 8.49. The molecule has 0 fully saturated rings. The van der Waals surface area contributed by atoms with E-state index in [1.807, 2.05) is 28.7 Å². The second-order valence-corrected chi connectivity index (χ2v) is 4.56. The van der Waals surface area contributed by atoms with Crippen LogP contribution in [0.2, 0.25) is 0 Å². The summed E-state index contributed by atoms with van der Waals surface area (Å²) < 4.78 is 41.4. The van der Waals surface area contributed by atoms with Crippen molar-refractivity contribution in [2.24, 2.45) is 0 Å². The molecule has 0 saturated carbocycles. The average Bonchev–Trinajstić information content (AvgIpc) is 2.23. The number of hydrogen-bond acceptors (Lipinski definition) is 3. The number of rotatable bonds is 4. The predicted octanol–water partition coefficient (Wildman–Crippen LogP) is 2.05. The van der Waals surface area contributed by atoms with E-state index in [0.29, 0.717) is 5.56 Å². The van der Waals surface area contributed by atoms with E-state index in [1.165, 1.54) is 0 Å². The minimum atomic E-state index is -4.90. The molecular formula is C10H10F3IO3. The van der Waals surface area contributed by atoms with E-state index in [4.69, 9.17) is 10.2 Å². The highest BCUT2D eigenvalue weighted by Crippen LogP contribution is 2.23. The lowest BCUT2D eigenvalue weighted by atomic mass is 10.2. The maximum Gasteiger partial charge on any atom is 0.419 e. The van der Waals surface area contributed by atoms with Gasteiger partial charge in [0, 0.05) is 3.57 Å². The number of aliphatic hydroxyl groups is 2. The van der Waals surface area contributed by atoms with Crippen molar-refractivity contribution in [3.63, 3.8) is 0 Å². The van der Waals surface area contributed by atoms with E-state index in [9.17, 15) is 13.2 Å². The molecule has 1 aromatic rings. The highest BCUT2D eigenvalue weighted by atomic mass is 127. The molecule has 17 heavy (non-hydrogen) atoms. The van der Waals surface area contributed by atoms with Crippen LogP contribution >= 0.6 is 22.6 Å². The van der Waals surface area contributed by atoms with Crippen LogP contribution in [0.15, 0.2) is 24.3 Å². The van der Waals surface area contributed by atoms with Crippen LogP contribution in [0.3, 0.4) is 0 Å². The van der Waals surface area contributed by atoms with Gasteiger partial charge in [0.1, 0.15) is 0 Å². The fourth-order valence-electron chi connectivity index (χ4n) is 1.06. The Bertz CT molecular complexity index is 370. The van der Waals surface area contributed by atoms with E-state index in [-0.39, 0.29) is 6.61 Å². The largest absolute Gasteiger partial charge is 0.419 e. The van der Waals surface area contributed by atoms with Crippen molar-refractivity contribution in [1.82, 2.24) is 0 Å². The molecular weight excluding hydrogens is 352 g/mol. The van der Waals surface area contributed by atoms with Gasteiger partial charge in [0.05, 0.1) is 6.61 Å². The Morgan fingerprint density at radius 2 is 1.94 bits per heavy atom. The molecule has 0 aromatic heterocycles. The van der Waals surface area contributed by atoms with Crippen LogP contribution in [-0.4, -0.2) is 28.8 Å². The van der Waals surface area contributed by atoms with E-state index in [1.54, 1.807) is 18.2 Å². The second kappa shape index (κ2) is 5.98. The third kappa shape index (κ3) is 4.78. The molecule has 0 spiro atoms. The van der Waals surface area contributed by atoms with Crippen molar-refractivity contribution in [3.8, 4) is 0 Å². The zero-order chi connectivity index (χ0) is 13.1. The standard InChI is InChI=1S/C10H10F3IO3/c11-10(12,13)8(15)9(16)17-5-6-2-1-3-7(14)4-6/h1-4,8-9,15-16H,5H2. The quantitative estimate of drug-likeness (QED) is 0.637. The molecule has 0 aliphatic carbocycles. The minimum absolute atomic E-state index is 0.203. The molecule has 2 unspecified atom stereocenters. The fraction of sp³-hybridized carbons (Fsp3) is 0.400. The van der Waals surface area contributed by atoms with Gasteiger partial charge in [-0.05, 0) is 40.3 Å². The average molecular weight is 362 g/mol. The molecule has 0 heterocycles.